The van der Waals surface area contributed by atoms with Crippen LogP contribution < -0.4 is 10.4 Å². The van der Waals surface area contributed by atoms with Crippen molar-refractivity contribution in [2.24, 2.45) is 0 Å². The molecule has 124 valence electrons. The molecule has 6 nitrogen and oxygen atoms in total. The van der Waals surface area contributed by atoms with Gasteiger partial charge in [-0.3, -0.25) is 4.79 Å². The van der Waals surface area contributed by atoms with Gasteiger partial charge >= 0.3 is 11.6 Å². The van der Waals surface area contributed by atoms with Crippen LogP contribution >= 0.6 is 0 Å². The number of carbonyl (C=O) groups excluding carboxylic acids is 1. The molecule has 0 atom stereocenters. The van der Waals surface area contributed by atoms with E-state index in [1.54, 1.807) is 18.4 Å². The van der Waals surface area contributed by atoms with Gasteiger partial charge in [-0.05, 0) is 36.8 Å². The lowest BCUT2D eigenvalue weighted by molar-refractivity contribution is -0.139. The van der Waals surface area contributed by atoms with Gasteiger partial charge in [0.05, 0.1) is 6.26 Å². The quantitative estimate of drug-likeness (QED) is 0.405. The zero-order chi connectivity index (χ0) is 17.1. The molecule has 0 bridgehead atoms. The fourth-order valence-electron chi connectivity index (χ4n) is 2.28. The van der Waals surface area contributed by atoms with Crippen molar-refractivity contribution in [2.45, 2.75) is 13.8 Å². The summed E-state index contributed by atoms with van der Waals surface area (Å²) in [5, 5.41) is 1.60. The predicted octanol–water partition coefficient (Wildman–Crippen LogP) is 3.43. The Labute approximate surface area is 137 Å². The van der Waals surface area contributed by atoms with Crippen LogP contribution in [0.15, 0.2) is 55.8 Å². The largest absolute Gasteiger partial charge is 0.482 e. The summed E-state index contributed by atoms with van der Waals surface area (Å²) in [4.78, 5) is 22.3. The molecule has 1 aromatic carbocycles. The smallest absolute Gasteiger partial charge is 0.336 e. The van der Waals surface area contributed by atoms with Crippen LogP contribution in [0.5, 0.6) is 5.75 Å². The maximum Gasteiger partial charge on any atom is 0.336 e. The van der Waals surface area contributed by atoms with Crippen molar-refractivity contribution >= 4 is 27.9 Å². The van der Waals surface area contributed by atoms with E-state index in [4.69, 9.17) is 18.3 Å². The molecule has 0 N–H and O–H groups in total. The van der Waals surface area contributed by atoms with Gasteiger partial charge in [-0.25, -0.2) is 4.79 Å². The van der Waals surface area contributed by atoms with E-state index >= 15 is 0 Å². The Balaban J connectivity index is 1.90. The van der Waals surface area contributed by atoms with E-state index in [0.29, 0.717) is 16.9 Å². The first-order chi connectivity index (χ1) is 11.5. The summed E-state index contributed by atoms with van der Waals surface area (Å²) >= 11 is 0. The van der Waals surface area contributed by atoms with Crippen molar-refractivity contribution in [1.82, 2.24) is 0 Å². The molecule has 0 aliphatic heterocycles. The topological polar surface area (TPSA) is 78.9 Å². The molecule has 0 amide bonds. The number of ether oxygens (including phenoxy) is 2. The molecule has 0 saturated heterocycles. The van der Waals surface area contributed by atoms with Crippen molar-refractivity contribution in [2.75, 3.05) is 13.2 Å². The van der Waals surface area contributed by atoms with Crippen molar-refractivity contribution < 1.29 is 23.1 Å². The van der Waals surface area contributed by atoms with Crippen LogP contribution in [0.2, 0.25) is 0 Å². The highest BCUT2D eigenvalue weighted by atomic mass is 16.5. The first kappa shape index (κ1) is 15.9. The van der Waals surface area contributed by atoms with Crippen LogP contribution in [0.4, 0.5) is 0 Å². The standard InChI is InChI=1S/C18H16O6/c1-11(10-23-12(2)19)5-7-22-18-16-14(6-8-21-16)9-13-3-4-15(20)24-17(13)18/h3-6,8-9H,7,10H2,1-2H3/b11-5+. The number of rotatable bonds is 5. The predicted molar refractivity (Wildman–Crippen MR) is 88.1 cm³/mol. The van der Waals surface area contributed by atoms with Crippen LogP contribution in [0.1, 0.15) is 13.8 Å². The molecule has 24 heavy (non-hydrogen) atoms. The van der Waals surface area contributed by atoms with Crippen molar-refractivity contribution in [3.63, 3.8) is 0 Å². The first-order valence-corrected chi connectivity index (χ1v) is 7.40. The minimum absolute atomic E-state index is 0.208. The second-order valence-electron chi connectivity index (χ2n) is 5.36. The molecule has 0 saturated carbocycles. The van der Waals surface area contributed by atoms with Crippen molar-refractivity contribution in [3.05, 3.63) is 52.6 Å². The van der Waals surface area contributed by atoms with Crippen LogP contribution in [-0.2, 0) is 9.53 Å². The Hall–Kier alpha value is -3.02. The molecule has 2 aromatic heterocycles. The molecule has 0 unspecified atom stereocenters. The molecule has 0 aliphatic carbocycles. The fraction of sp³-hybridized carbons (Fsp3) is 0.222. The van der Waals surface area contributed by atoms with E-state index in [0.717, 1.165) is 16.3 Å². The number of carbonyl (C=O) groups is 1. The van der Waals surface area contributed by atoms with E-state index < -0.39 is 5.63 Å². The van der Waals surface area contributed by atoms with Crippen LogP contribution in [0, 0.1) is 0 Å². The summed E-state index contributed by atoms with van der Waals surface area (Å²) < 4.78 is 21.4. The van der Waals surface area contributed by atoms with Crippen LogP contribution in [0.3, 0.4) is 0 Å². The lowest BCUT2D eigenvalue weighted by atomic mass is 10.1. The normalized spacial score (nSPS) is 11.8. The van der Waals surface area contributed by atoms with Gasteiger partial charge in [-0.1, -0.05) is 0 Å². The van der Waals surface area contributed by atoms with Gasteiger partial charge in [0.1, 0.15) is 13.2 Å². The zero-order valence-electron chi connectivity index (χ0n) is 13.3. The molecular weight excluding hydrogens is 312 g/mol. The second kappa shape index (κ2) is 6.62. The van der Waals surface area contributed by atoms with E-state index in [1.165, 1.54) is 13.0 Å². The highest BCUT2D eigenvalue weighted by molar-refractivity contribution is 5.99. The lowest BCUT2D eigenvalue weighted by Crippen LogP contribution is -2.03. The van der Waals surface area contributed by atoms with Gasteiger partial charge < -0.3 is 18.3 Å². The summed E-state index contributed by atoms with van der Waals surface area (Å²) in [5.74, 6) is 0.0403. The molecule has 0 aliphatic rings. The lowest BCUT2D eigenvalue weighted by Gasteiger charge is -2.08. The Morgan fingerprint density at radius 3 is 2.75 bits per heavy atom. The van der Waals surface area contributed by atoms with E-state index in [-0.39, 0.29) is 19.2 Å². The monoisotopic (exact) mass is 328 g/mol. The van der Waals surface area contributed by atoms with Crippen LogP contribution in [0.25, 0.3) is 21.9 Å². The highest BCUT2D eigenvalue weighted by Gasteiger charge is 2.14. The fourth-order valence-corrected chi connectivity index (χ4v) is 2.28. The Bertz CT molecular complexity index is 976. The summed E-state index contributed by atoms with van der Waals surface area (Å²) in [6.07, 6.45) is 3.34. The highest BCUT2D eigenvalue weighted by Crippen LogP contribution is 2.34. The van der Waals surface area contributed by atoms with E-state index in [1.807, 2.05) is 19.1 Å². The molecule has 2 heterocycles. The first-order valence-electron chi connectivity index (χ1n) is 7.40. The number of fused-ring (bicyclic) bond motifs is 2. The minimum Gasteiger partial charge on any atom is -0.482 e. The molecule has 6 heteroatoms. The van der Waals surface area contributed by atoms with Crippen molar-refractivity contribution in [1.29, 1.82) is 0 Å². The van der Waals surface area contributed by atoms with Crippen LogP contribution in [-0.4, -0.2) is 19.2 Å². The number of esters is 1. The molecule has 3 rings (SSSR count). The molecule has 0 radical (unpaired) electrons. The maximum absolute atomic E-state index is 11.5. The third-order valence-corrected chi connectivity index (χ3v) is 3.45. The van der Waals surface area contributed by atoms with E-state index in [2.05, 4.69) is 0 Å². The molecular formula is C18H16O6. The van der Waals surface area contributed by atoms with Gasteiger partial charge in [0.2, 0.25) is 5.75 Å². The minimum atomic E-state index is -0.458. The average molecular weight is 328 g/mol. The number of hydrogen-bond donors (Lipinski definition) is 0. The third kappa shape index (κ3) is 3.32. The summed E-state index contributed by atoms with van der Waals surface area (Å²) in [5.41, 5.74) is 1.25. The third-order valence-electron chi connectivity index (χ3n) is 3.45. The maximum atomic E-state index is 11.5. The number of hydrogen-bond acceptors (Lipinski definition) is 6. The molecule has 0 fully saturated rings. The van der Waals surface area contributed by atoms with Gasteiger partial charge in [0.15, 0.2) is 11.2 Å². The van der Waals surface area contributed by atoms with Gasteiger partial charge in [-0.15, -0.1) is 0 Å². The number of benzene rings is 1. The van der Waals surface area contributed by atoms with Gasteiger partial charge in [-0.2, -0.15) is 0 Å². The van der Waals surface area contributed by atoms with Crippen molar-refractivity contribution in [3.8, 4) is 5.75 Å². The Morgan fingerprint density at radius 2 is 1.96 bits per heavy atom. The molecule has 0 spiro atoms. The van der Waals surface area contributed by atoms with Gasteiger partial charge in [0, 0.05) is 23.8 Å². The SMILES string of the molecule is CC(=O)OC/C(C)=C/COc1c2occc2cc2ccc(=O)oc12. The average Bonchev–Trinajstić information content (AvgIpc) is 3.00. The van der Waals surface area contributed by atoms with Gasteiger partial charge in [0.25, 0.3) is 0 Å². The Kier molecular flexibility index (Phi) is 4.37. The Morgan fingerprint density at radius 1 is 1.17 bits per heavy atom. The van der Waals surface area contributed by atoms with E-state index in [9.17, 15) is 9.59 Å². The summed E-state index contributed by atoms with van der Waals surface area (Å²) in [7, 11) is 0. The summed E-state index contributed by atoms with van der Waals surface area (Å²) in [6, 6.07) is 6.73. The second-order valence-corrected chi connectivity index (χ2v) is 5.36. The summed E-state index contributed by atoms with van der Waals surface area (Å²) in [6.45, 7) is 3.62. The zero-order valence-corrected chi connectivity index (χ0v) is 13.3. The molecule has 3 aromatic rings. The number of furan rings is 1.